The highest BCUT2D eigenvalue weighted by Gasteiger charge is 2.26. The quantitative estimate of drug-likeness (QED) is 0.758. The van der Waals surface area contributed by atoms with Gasteiger partial charge in [0.1, 0.15) is 17.9 Å². The molecule has 1 aliphatic carbocycles. The molecule has 1 aliphatic rings. The Morgan fingerprint density at radius 2 is 2.09 bits per heavy atom. The Balaban J connectivity index is 1.47. The van der Waals surface area contributed by atoms with E-state index in [1.807, 2.05) is 12.1 Å². The first-order valence-electron chi connectivity index (χ1n) is 7.91. The Labute approximate surface area is 134 Å². The Hall–Kier alpha value is -2.63. The number of nitrogens with one attached hydrogen (secondary N) is 1. The molecule has 2 aromatic heterocycles. The molecule has 1 N–H and O–H groups in total. The molecule has 1 aromatic carbocycles. The van der Waals surface area contributed by atoms with Crippen molar-refractivity contribution in [1.82, 2.24) is 19.6 Å². The summed E-state index contributed by atoms with van der Waals surface area (Å²) in [6.07, 6.45) is 4.93. The van der Waals surface area contributed by atoms with E-state index in [1.54, 1.807) is 18.0 Å². The lowest BCUT2D eigenvalue weighted by Crippen LogP contribution is -2.10. The highest BCUT2D eigenvalue weighted by atomic mass is 16.5. The normalized spacial score (nSPS) is 14.1. The van der Waals surface area contributed by atoms with Crippen molar-refractivity contribution < 1.29 is 4.74 Å². The number of fused-ring (bicyclic) bond motifs is 1. The molecule has 0 radical (unpaired) electrons. The van der Waals surface area contributed by atoms with Crippen LogP contribution in [0.1, 0.15) is 30.0 Å². The minimum atomic E-state index is 0.596. The summed E-state index contributed by atoms with van der Waals surface area (Å²) in [6, 6.07) is 10.3. The molecular weight excluding hydrogens is 290 g/mol. The van der Waals surface area contributed by atoms with Crippen LogP contribution in [0.25, 0.3) is 5.78 Å². The molecule has 0 atom stereocenters. The SMILES string of the molecule is COc1ccc(CCNc2cc(C3CC3)nc3ncnn23)cc1. The molecule has 2 heterocycles. The fourth-order valence-corrected chi connectivity index (χ4v) is 2.67. The van der Waals surface area contributed by atoms with Crippen LogP contribution in [0.5, 0.6) is 5.75 Å². The number of nitrogens with zero attached hydrogens (tertiary/aromatic N) is 4. The standard InChI is InChI=1S/C17H19N5O/c1-23-14-6-2-12(3-7-14)8-9-18-16-10-15(13-4-5-13)21-17-19-11-20-22(16)17/h2-3,6-7,10-11,13,18H,4-5,8-9H2,1H3. The Morgan fingerprint density at radius 1 is 1.26 bits per heavy atom. The van der Waals surface area contributed by atoms with Gasteiger partial charge in [-0.2, -0.15) is 14.6 Å². The number of hydrogen-bond acceptors (Lipinski definition) is 5. The maximum absolute atomic E-state index is 5.18. The first-order valence-corrected chi connectivity index (χ1v) is 7.91. The molecule has 0 spiro atoms. The van der Waals surface area contributed by atoms with Crippen molar-refractivity contribution in [3.63, 3.8) is 0 Å². The number of hydrogen-bond donors (Lipinski definition) is 1. The molecule has 1 saturated carbocycles. The summed E-state index contributed by atoms with van der Waals surface area (Å²) in [5.74, 6) is 3.11. The van der Waals surface area contributed by atoms with Crippen molar-refractivity contribution in [2.45, 2.75) is 25.2 Å². The highest BCUT2D eigenvalue weighted by Crippen LogP contribution is 2.39. The summed E-state index contributed by atoms with van der Waals surface area (Å²) >= 11 is 0. The fraction of sp³-hybridized carbons (Fsp3) is 0.353. The molecule has 118 valence electrons. The Kier molecular flexibility index (Phi) is 3.57. The third-order valence-corrected chi connectivity index (χ3v) is 4.15. The van der Waals surface area contributed by atoms with Gasteiger partial charge in [0, 0.05) is 18.5 Å². The number of anilines is 1. The predicted octanol–water partition coefficient (Wildman–Crippen LogP) is 2.66. The number of aromatic nitrogens is 4. The zero-order valence-corrected chi connectivity index (χ0v) is 13.1. The van der Waals surface area contributed by atoms with E-state index in [4.69, 9.17) is 4.74 Å². The Morgan fingerprint density at radius 3 is 2.83 bits per heavy atom. The molecule has 0 saturated heterocycles. The largest absolute Gasteiger partial charge is 0.497 e. The van der Waals surface area contributed by atoms with E-state index in [9.17, 15) is 0 Å². The van der Waals surface area contributed by atoms with Crippen LogP contribution in [0, 0.1) is 0 Å². The van der Waals surface area contributed by atoms with E-state index >= 15 is 0 Å². The van der Waals surface area contributed by atoms with Gasteiger partial charge in [-0.3, -0.25) is 0 Å². The fourth-order valence-electron chi connectivity index (χ4n) is 2.67. The third-order valence-electron chi connectivity index (χ3n) is 4.15. The van der Waals surface area contributed by atoms with Gasteiger partial charge < -0.3 is 10.1 Å². The summed E-state index contributed by atoms with van der Waals surface area (Å²) in [7, 11) is 1.68. The predicted molar refractivity (Wildman–Crippen MR) is 87.9 cm³/mol. The first kappa shape index (κ1) is 14.0. The van der Waals surface area contributed by atoms with Gasteiger partial charge in [0.15, 0.2) is 0 Å². The van der Waals surface area contributed by atoms with Crippen LogP contribution in [0.3, 0.4) is 0 Å². The molecule has 6 heteroatoms. The van der Waals surface area contributed by atoms with Gasteiger partial charge in [-0.25, -0.2) is 4.98 Å². The van der Waals surface area contributed by atoms with Crippen LogP contribution in [0.2, 0.25) is 0 Å². The van der Waals surface area contributed by atoms with E-state index in [2.05, 4.69) is 38.6 Å². The van der Waals surface area contributed by atoms with E-state index < -0.39 is 0 Å². The molecule has 4 rings (SSSR count). The summed E-state index contributed by atoms with van der Waals surface area (Å²) in [5.41, 5.74) is 2.39. The molecule has 0 amide bonds. The second-order valence-corrected chi connectivity index (χ2v) is 5.84. The van der Waals surface area contributed by atoms with Gasteiger partial charge in [-0.15, -0.1) is 0 Å². The molecule has 23 heavy (non-hydrogen) atoms. The van der Waals surface area contributed by atoms with E-state index in [-0.39, 0.29) is 0 Å². The van der Waals surface area contributed by atoms with Crippen molar-refractivity contribution in [2.75, 3.05) is 19.0 Å². The highest BCUT2D eigenvalue weighted by molar-refractivity contribution is 5.46. The van der Waals surface area contributed by atoms with Crippen LogP contribution in [-0.4, -0.2) is 33.2 Å². The van der Waals surface area contributed by atoms with Crippen LogP contribution in [-0.2, 0) is 6.42 Å². The second-order valence-electron chi connectivity index (χ2n) is 5.84. The number of ether oxygens (including phenoxy) is 1. The van der Waals surface area contributed by atoms with E-state index in [0.29, 0.717) is 11.7 Å². The van der Waals surface area contributed by atoms with Crippen molar-refractivity contribution in [3.05, 3.63) is 47.9 Å². The maximum Gasteiger partial charge on any atom is 0.254 e. The van der Waals surface area contributed by atoms with Gasteiger partial charge in [-0.1, -0.05) is 12.1 Å². The van der Waals surface area contributed by atoms with Crippen molar-refractivity contribution in [2.24, 2.45) is 0 Å². The van der Waals surface area contributed by atoms with Crippen molar-refractivity contribution in [3.8, 4) is 5.75 Å². The van der Waals surface area contributed by atoms with Crippen LogP contribution in [0.4, 0.5) is 5.82 Å². The zero-order chi connectivity index (χ0) is 15.6. The molecule has 0 unspecified atom stereocenters. The lowest BCUT2D eigenvalue weighted by atomic mass is 10.1. The molecular formula is C17H19N5O. The molecule has 6 nitrogen and oxygen atoms in total. The minimum absolute atomic E-state index is 0.596. The molecule has 1 fully saturated rings. The lowest BCUT2D eigenvalue weighted by molar-refractivity contribution is 0.414. The van der Waals surface area contributed by atoms with Crippen LogP contribution in [0.15, 0.2) is 36.7 Å². The van der Waals surface area contributed by atoms with Gasteiger partial charge in [0.25, 0.3) is 5.78 Å². The minimum Gasteiger partial charge on any atom is -0.497 e. The van der Waals surface area contributed by atoms with E-state index in [0.717, 1.165) is 30.2 Å². The number of rotatable bonds is 6. The third kappa shape index (κ3) is 2.97. The smallest absolute Gasteiger partial charge is 0.254 e. The van der Waals surface area contributed by atoms with Gasteiger partial charge >= 0.3 is 0 Å². The topological polar surface area (TPSA) is 64.3 Å². The van der Waals surface area contributed by atoms with Crippen LogP contribution >= 0.6 is 0 Å². The van der Waals surface area contributed by atoms with Crippen molar-refractivity contribution >= 4 is 11.6 Å². The Bertz CT molecular complexity index is 807. The summed E-state index contributed by atoms with van der Waals surface area (Å²) < 4.78 is 6.95. The summed E-state index contributed by atoms with van der Waals surface area (Å²) in [6.45, 7) is 0.829. The van der Waals surface area contributed by atoms with Crippen LogP contribution < -0.4 is 10.1 Å². The zero-order valence-electron chi connectivity index (χ0n) is 13.1. The molecule has 0 bridgehead atoms. The average Bonchev–Trinajstić information content (AvgIpc) is 3.33. The summed E-state index contributed by atoms with van der Waals surface area (Å²) in [5, 5.41) is 7.71. The van der Waals surface area contributed by atoms with Gasteiger partial charge in [0.05, 0.1) is 12.8 Å². The second kappa shape index (κ2) is 5.87. The monoisotopic (exact) mass is 309 g/mol. The number of methoxy groups -OCH3 is 1. The first-order chi connectivity index (χ1) is 11.3. The van der Waals surface area contributed by atoms with E-state index in [1.165, 1.54) is 18.4 Å². The average molecular weight is 309 g/mol. The lowest BCUT2D eigenvalue weighted by Gasteiger charge is -2.10. The molecule has 3 aromatic rings. The van der Waals surface area contributed by atoms with Gasteiger partial charge in [0.2, 0.25) is 0 Å². The summed E-state index contributed by atoms with van der Waals surface area (Å²) in [4.78, 5) is 8.80. The number of benzene rings is 1. The van der Waals surface area contributed by atoms with Gasteiger partial charge in [-0.05, 0) is 37.0 Å². The van der Waals surface area contributed by atoms with Crippen molar-refractivity contribution in [1.29, 1.82) is 0 Å². The maximum atomic E-state index is 5.18. The molecule has 0 aliphatic heterocycles.